The van der Waals surface area contributed by atoms with Gasteiger partial charge < -0.3 is 14.2 Å². The highest BCUT2D eigenvalue weighted by Crippen LogP contribution is 2.17. The Balaban J connectivity index is 4.12. The Labute approximate surface area is 496 Å². The smallest absolute Gasteiger partial charge is 0.306 e. The van der Waals surface area contributed by atoms with Crippen LogP contribution >= 0.6 is 0 Å². The minimum absolute atomic E-state index is 0.0820. The molecule has 462 valence electrons. The molecule has 0 aliphatic rings. The molecule has 0 aliphatic heterocycles. The maximum Gasteiger partial charge on any atom is 0.306 e. The molecular formula is C74H130O6. The van der Waals surface area contributed by atoms with Crippen molar-refractivity contribution in [2.45, 2.75) is 354 Å². The molecule has 0 aromatic rings. The van der Waals surface area contributed by atoms with Crippen molar-refractivity contribution < 1.29 is 28.6 Å². The summed E-state index contributed by atoms with van der Waals surface area (Å²) in [7, 11) is 0. The Kier molecular flexibility index (Phi) is 65.2. The number of esters is 3. The molecule has 1 unspecified atom stereocenters. The zero-order valence-corrected chi connectivity index (χ0v) is 53.1. The van der Waals surface area contributed by atoms with E-state index in [1.165, 1.54) is 199 Å². The Morgan fingerprint density at radius 3 is 0.787 bits per heavy atom. The average molecular weight is 1120 g/mol. The van der Waals surface area contributed by atoms with Gasteiger partial charge in [-0.25, -0.2) is 0 Å². The normalized spacial score (nSPS) is 12.6. The van der Waals surface area contributed by atoms with Crippen molar-refractivity contribution >= 4 is 17.9 Å². The van der Waals surface area contributed by atoms with Crippen LogP contribution in [0.2, 0.25) is 0 Å². The first-order valence-electron chi connectivity index (χ1n) is 34.6. The molecule has 80 heavy (non-hydrogen) atoms. The quantitative estimate of drug-likeness (QED) is 0.0261. The van der Waals surface area contributed by atoms with E-state index in [4.69, 9.17) is 14.2 Å². The van der Waals surface area contributed by atoms with Gasteiger partial charge in [0.2, 0.25) is 0 Å². The molecule has 0 radical (unpaired) electrons. The fraction of sp³-hybridized carbons (Fsp3) is 0.770. The van der Waals surface area contributed by atoms with E-state index in [0.717, 1.165) is 109 Å². The summed E-state index contributed by atoms with van der Waals surface area (Å²) in [6.07, 6.45) is 90.5. The van der Waals surface area contributed by atoms with Gasteiger partial charge in [-0.1, -0.05) is 298 Å². The summed E-state index contributed by atoms with van der Waals surface area (Å²) in [6, 6.07) is 0. The third kappa shape index (κ3) is 65.4. The van der Waals surface area contributed by atoms with Gasteiger partial charge in [0.05, 0.1) is 0 Å². The van der Waals surface area contributed by atoms with E-state index < -0.39 is 6.10 Å². The standard InChI is InChI=1S/C74H130O6/c1-4-7-10-13-16-19-22-24-26-28-30-31-32-33-34-35-36-37-38-39-40-41-42-43-45-46-48-50-52-55-58-61-64-67-73(76)79-70-71(69-78-72(75)66-63-60-57-54-21-18-15-12-9-6-3)80-74(77)68-65-62-59-56-53-51-49-47-44-29-27-25-23-20-17-14-11-8-5-2/h12,15,17,20,22,24-25,27-28,30,32-33,44,47,71H,4-11,13-14,16,18-19,21,23,26,29,31,34-43,45-46,48-70H2,1-3H3/b15-12-,20-17-,24-22-,27-25-,30-28-,33-32-,47-44-. The van der Waals surface area contributed by atoms with Crippen LogP contribution in [0.3, 0.4) is 0 Å². The van der Waals surface area contributed by atoms with E-state index in [9.17, 15) is 14.4 Å². The molecule has 0 spiro atoms. The van der Waals surface area contributed by atoms with Gasteiger partial charge in [0.15, 0.2) is 6.10 Å². The minimum atomic E-state index is -0.786. The largest absolute Gasteiger partial charge is 0.462 e. The molecule has 0 rings (SSSR count). The lowest BCUT2D eigenvalue weighted by atomic mass is 10.0. The summed E-state index contributed by atoms with van der Waals surface area (Å²) in [6.45, 7) is 6.55. The fourth-order valence-electron chi connectivity index (χ4n) is 9.87. The number of ether oxygens (including phenoxy) is 3. The van der Waals surface area contributed by atoms with Crippen LogP contribution in [0.5, 0.6) is 0 Å². The monoisotopic (exact) mass is 1110 g/mol. The third-order valence-corrected chi connectivity index (χ3v) is 15.1. The first kappa shape index (κ1) is 76.6. The van der Waals surface area contributed by atoms with E-state index in [1.54, 1.807) is 0 Å². The van der Waals surface area contributed by atoms with Crippen molar-refractivity contribution in [1.29, 1.82) is 0 Å². The lowest BCUT2D eigenvalue weighted by Crippen LogP contribution is -2.30. The first-order chi connectivity index (χ1) is 39.5. The highest BCUT2D eigenvalue weighted by molar-refractivity contribution is 5.71. The van der Waals surface area contributed by atoms with Crippen LogP contribution in [0.1, 0.15) is 348 Å². The van der Waals surface area contributed by atoms with Crippen molar-refractivity contribution in [3.8, 4) is 0 Å². The minimum Gasteiger partial charge on any atom is -0.462 e. The second-order valence-corrected chi connectivity index (χ2v) is 23.1. The molecule has 6 nitrogen and oxygen atoms in total. The van der Waals surface area contributed by atoms with Crippen LogP contribution in [0.4, 0.5) is 0 Å². The number of hydrogen-bond acceptors (Lipinski definition) is 6. The molecular weight excluding hydrogens is 985 g/mol. The number of rotatable bonds is 63. The maximum atomic E-state index is 12.9. The molecule has 0 saturated heterocycles. The molecule has 0 fully saturated rings. The molecule has 0 amide bonds. The van der Waals surface area contributed by atoms with Gasteiger partial charge in [-0.05, 0) is 116 Å². The second-order valence-electron chi connectivity index (χ2n) is 23.1. The Morgan fingerprint density at radius 1 is 0.250 bits per heavy atom. The Bertz CT molecular complexity index is 1520. The summed E-state index contributed by atoms with van der Waals surface area (Å²) >= 11 is 0. The lowest BCUT2D eigenvalue weighted by Gasteiger charge is -2.18. The third-order valence-electron chi connectivity index (χ3n) is 15.1. The predicted octanol–water partition coefficient (Wildman–Crippen LogP) is 23.8. The average Bonchev–Trinajstić information content (AvgIpc) is 3.46. The zero-order valence-electron chi connectivity index (χ0n) is 53.1. The molecule has 0 aromatic heterocycles. The van der Waals surface area contributed by atoms with Gasteiger partial charge in [-0.15, -0.1) is 0 Å². The summed E-state index contributed by atoms with van der Waals surface area (Å²) in [5, 5.41) is 0. The van der Waals surface area contributed by atoms with Crippen molar-refractivity contribution in [2.24, 2.45) is 0 Å². The Hall–Kier alpha value is -3.41. The second kappa shape index (κ2) is 68.1. The number of unbranched alkanes of at least 4 members (excludes halogenated alkanes) is 38. The maximum absolute atomic E-state index is 12.9. The molecule has 1 atom stereocenters. The number of carbonyl (C=O) groups excluding carboxylic acids is 3. The summed E-state index contributed by atoms with van der Waals surface area (Å²) < 4.78 is 16.9. The van der Waals surface area contributed by atoms with E-state index >= 15 is 0 Å². The summed E-state index contributed by atoms with van der Waals surface area (Å²) in [5.41, 5.74) is 0. The highest BCUT2D eigenvalue weighted by atomic mass is 16.6. The van der Waals surface area contributed by atoms with Crippen molar-refractivity contribution in [1.82, 2.24) is 0 Å². The molecule has 0 heterocycles. The van der Waals surface area contributed by atoms with E-state index in [2.05, 4.69) is 106 Å². The Morgan fingerprint density at radius 2 is 0.475 bits per heavy atom. The molecule has 0 aliphatic carbocycles. The molecule has 6 heteroatoms. The van der Waals surface area contributed by atoms with Crippen LogP contribution in [0, 0.1) is 0 Å². The van der Waals surface area contributed by atoms with Gasteiger partial charge in [-0.3, -0.25) is 14.4 Å². The summed E-state index contributed by atoms with van der Waals surface area (Å²) in [4.78, 5) is 38.3. The molecule has 0 saturated carbocycles. The van der Waals surface area contributed by atoms with Crippen molar-refractivity contribution in [3.05, 3.63) is 85.1 Å². The molecule has 0 bridgehead atoms. The van der Waals surface area contributed by atoms with Gasteiger partial charge in [0.25, 0.3) is 0 Å². The van der Waals surface area contributed by atoms with E-state index in [1.807, 2.05) is 0 Å². The van der Waals surface area contributed by atoms with Gasteiger partial charge in [0.1, 0.15) is 13.2 Å². The predicted molar refractivity (Wildman–Crippen MR) is 348 cm³/mol. The van der Waals surface area contributed by atoms with E-state index in [-0.39, 0.29) is 31.1 Å². The van der Waals surface area contributed by atoms with Gasteiger partial charge >= 0.3 is 17.9 Å². The highest BCUT2D eigenvalue weighted by Gasteiger charge is 2.19. The van der Waals surface area contributed by atoms with Crippen molar-refractivity contribution in [3.63, 3.8) is 0 Å². The van der Waals surface area contributed by atoms with Crippen LogP contribution < -0.4 is 0 Å². The molecule has 0 N–H and O–H groups in total. The number of hydrogen-bond donors (Lipinski definition) is 0. The topological polar surface area (TPSA) is 78.9 Å². The lowest BCUT2D eigenvalue weighted by molar-refractivity contribution is -0.167. The fourth-order valence-corrected chi connectivity index (χ4v) is 9.87. The van der Waals surface area contributed by atoms with E-state index in [0.29, 0.717) is 19.3 Å². The van der Waals surface area contributed by atoms with Gasteiger partial charge in [-0.2, -0.15) is 0 Å². The SMILES string of the molecule is CCC/C=C\CCCCCCCC(=O)OCC(COC(=O)CCCCCCCCCCCCCCCCCCCC/C=C\C/C=C\C/C=C\CCCCCCC)OC(=O)CCCCCCCC/C=C\C/C=C\C/C=C\CCCCC. The first-order valence-corrected chi connectivity index (χ1v) is 34.6. The van der Waals surface area contributed by atoms with Crippen LogP contribution in [-0.2, 0) is 28.6 Å². The van der Waals surface area contributed by atoms with Crippen molar-refractivity contribution in [2.75, 3.05) is 13.2 Å². The van der Waals surface area contributed by atoms with Crippen LogP contribution in [-0.4, -0.2) is 37.2 Å². The summed E-state index contributed by atoms with van der Waals surface area (Å²) in [5.74, 6) is -0.892. The van der Waals surface area contributed by atoms with Crippen LogP contribution in [0.25, 0.3) is 0 Å². The van der Waals surface area contributed by atoms with Crippen LogP contribution in [0.15, 0.2) is 85.1 Å². The number of allylic oxidation sites excluding steroid dienone is 14. The zero-order chi connectivity index (χ0) is 57.8. The van der Waals surface area contributed by atoms with Gasteiger partial charge in [0, 0.05) is 19.3 Å². The molecule has 0 aromatic carbocycles. The number of carbonyl (C=O) groups is 3.